The molecule has 1 fully saturated rings. The maximum Gasteiger partial charge on any atom is 0.254 e. The molecule has 0 saturated carbocycles. The van der Waals surface area contributed by atoms with E-state index in [9.17, 15) is 4.79 Å². The van der Waals surface area contributed by atoms with Crippen molar-refractivity contribution in [2.75, 3.05) is 39.2 Å². The minimum absolute atomic E-state index is 0.190. The van der Waals surface area contributed by atoms with Gasteiger partial charge in [-0.3, -0.25) is 4.79 Å². The van der Waals surface area contributed by atoms with Crippen LogP contribution in [0.5, 0.6) is 11.5 Å². The Kier molecular flexibility index (Phi) is 5.22. The predicted molar refractivity (Wildman–Crippen MR) is 78.5 cm³/mol. The van der Waals surface area contributed by atoms with Gasteiger partial charge in [-0.15, -0.1) is 0 Å². The lowest BCUT2D eigenvalue weighted by molar-refractivity contribution is -0.128. The maximum atomic E-state index is 12.1. The zero-order valence-corrected chi connectivity index (χ0v) is 13.0. The molecule has 6 nitrogen and oxygen atoms in total. The van der Waals surface area contributed by atoms with Crippen LogP contribution in [-0.2, 0) is 9.53 Å². The highest BCUT2D eigenvalue weighted by atomic mass is 79.9. The van der Waals surface area contributed by atoms with Crippen LogP contribution in [0, 0.1) is 0 Å². The summed E-state index contributed by atoms with van der Waals surface area (Å²) in [5.41, 5.74) is 0.613. The number of rotatable bonds is 4. The number of morpholine rings is 1. The van der Waals surface area contributed by atoms with Crippen LogP contribution < -0.4 is 20.1 Å². The molecule has 1 heterocycles. The Hall–Kier alpha value is -1.31. The standard InChI is InChI=1S/C13H17BrN2O4/c1-18-10-5-8(14)9(6-11(10)19-2)16-13(17)12-7-15-3-4-20-12/h5-6,12,15H,3-4,7H2,1-2H3,(H,16,17). The van der Waals surface area contributed by atoms with Crippen molar-refractivity contribution in [3.05, 3.63) is 16.6 Å². The van der Waals surface area contributed by atoms with E-state index < -0.39 is 6.10 Å². The van der Waals surface area contributed by atoms with Gasteiger partial charge < -0.3 is 24.8 Å². The molecule has 1 aromatic rings. The third-order valence-electron chi connectivity index (χ3n) is 2.95. The van der Waals surface area contributed by atoms with E-state index in [0.29, 0.717) is 34.8 Å². The molecule has 1 aliphatic heterocycles. The van der Waals surface area contributed by atoms with Crippen LogP contribution in [0.2, 0.25) is 0 Å². The Morgan fingerprint density at radius 3 is 2.70 bits per heavy atom. The summed E-state index contributed by atoms with van der Waals surface area (Å²) in [5.74, 6) is 0.951. The second-order valence-corrected chi connectivity index (χ2v) is 5.09. The van der Waals surface area contributed by atoms with Crippen molar-refractivity contribution in [2.24, 2.45) is 0 Å². The fraction of sp³-hybridized carbons (Fsp3) is 0.462. The molecule has 1 amide bonds. The summed E-state index contributed by atoms with van der Waals surface area (Å²) in [5, 5.41) is 5.93. The minimum atomic E-state index is -0.483. The van der Waals surface area contributed by atoms with Crippen LogP contribution in [-0.4, -0.2) is 45.9 Å². The Morgan fingerprint density at radius 1 is 1.40 bits per heavy atom. The van der Waals surface area contributed by atoms with Crippen molar-refractivity contribution in [3.8, 4) is 11.5 Å². The van der Waals surface area contributed by atoms with Gasteiger partial charge in [-0.05, 0) is 15.9 Å². The number of ether oxygens (including phenoxy) is 3. The van der Waals surface area contributed by atoms with E-state index in [2.05, 4.69) is 26.6 Å². The van der Waals surface area contributed by atoms with Crippen LogP contribution in [0.1, 0.15) is 0 Å². The number of methoxy groups -OCH3 is 2. The Morgan fingerprint density at radius 2 is 2.10 bits per heavy atom. The van der Waals surface area contributed by atoms with Crippen molar-refractivity contribution in [1.29, 1.82) is 0 Å². The SMILES string of the molecule is COc1cc(Br)c(NC(=O)C2CNCCO2)cc1OC. The summed E-state index contributed by atoms with van der Waals surface area (Å²) in [6.45, 7) is 1.81. The fourth-order valence-electron chi connectivity index (χ4n) is 1.90. The summed E-state index contributed by atoms with van der Waals surface area (Å²) in [7, 11) is 3.11. The lowest BCUT2D eigenvalue weighted by Crippen LogP contribution is -2.45. The molecule has 1 unspecified atom stereocenters. The molecule has 0 spiro atoms. The van der Waals surface area contributed by atoms with Crippen LogP contribution in [0.3, 0.4) is 0 Å². The number of halogens is 1. The predicted octanol–water partition coefficient (Wildman–Crippen LogP) is 1.39. The second kappa shape index (κ2) is 6.92. The number of anilines is 1. The quantitative estimate of drug-likeness (QED) is 0.863. The number of amides is 1. The average molecular weight is 345 g/mol. The molecule has 0 radical (unpaired) electrons. The van der Waals surface area contributed by atoms with E-state index in [1.807, 2.05) is 0 Å². The van der Waals surface area contributed by atoms with E-state index in [1.54, 1.807) is 26.4 Å². The third-order valence-corrected chi connectivity index (χ3v) is 3.61. The first-order chi connectivity index (χ1) is 9.65. The lowest BCUT2D eigenvalue weighted by Gasteiger charge is -2.23. The molecule has 1 saturated heterocycles. The molecule has 1 aliphatic rings. The number of hydrogen-bond acceptors (Lipinski definition) is 5. The monoisotopic (exact) mass is 344 g/mol. The molecule has 2 rings (SSSR count). The van der Waals surface area contributed by atoms with Gasteiger partial charge in [-0.1, -0.05) is 0 Å². The first-order valence-corrected chi connectivity index (χ1v) is 6.99. The molecule has 7 heteroatoms. The van der Waals surface area contributed by atoms with E-state index in [0.717, 1.165) is 6.54 Å². The highest BCUT2D eigenvalue weighted by Crippen LogP contribution is 2.36. The van der Waals surface area contributed by atoms with Gasteiger partial charge in [-0.25, -0.2) is 0 Å². The van der Waals surface area contributed by atoms with Gasteiger partial charge in [0.1, 0.15) is 6.10 Å². The van der Waals surface area contributed by atoms with Crippen LogP contribution >= 0.6 is 15.9 Å². The van der Waals surface area contributed by atoms with E-state index in [-0.39, 0.29) is 5.91 Å². The van der Waals surface area contributed by atoms with E-state index >= 15 is 0 Å². The molecule has 20 heavy (non-hydrogen) atoms. The Bertz CT molecular complexity index is 490. The zero-order valence-electron chi connectivity index (χ0n) is 11.4. The fourth-order valence-corrected chi connectivity index (χ4v) is 2.32. The van der Waals surface area contributed by atoms with Gasteiger partial charge in [-0.2, -0.15) is 0 Å². The van der Waals surface area contributed by atoms with E-state index in [4.69, 9.17) is 14.2 Å². The second-order valence-electron chi connectivity index (χ2n) is 4.24. The normalized spacial score (nSPS) is 18.4. The van der Waals surface area contributed by atoms with Crippen molar-refractivity contribution in [3.63, 3.8) is 0 Å². The Labute approximate surface area is 125 Å². The smallest absolute Gasteiger partial charge is 0.254 e. The third kappa shape index (κ3) is 3.41. The minimum Gasteiger partial charge on any atom is -0.493 e. The van der Waals surface area contributed by atoms with Crippen molar-refractivity contribution in [2.45, 2.75) is 6.10 Å². The topological polar surface area (TPSA) is 68.8 Å². The lowest BCUT2D eigenvalue weighted by atomic mass is 10.2. The van der Waals surface area contributed by atoms with Crippen LogP contribution in [0.25, 0.3) is 0 Å². The van der Waals surface area contributed by atoms with Gasteiger partial charge in [0, 0.05) is 29.7 Å². The summed E-state index contributed by atoms with van der Waals surface area (Å²) < 4.78 is 16.5. The number of carbonyl (C=O) groups is 1. The van der Waals surface area contributed by atoms with Gasteiger partial charge in [0.2, 0.25) is 0 Å². The van der Waals surface area contributed by atoms with Crippen LogP contribution in [0.15, 0.2) is 16.6 Å². The van der Waals surface area contributed by atoms with Gasteiger partial charge in [0.25, 0.3) is 5.91 Å². The zero-order chi connectivity index (χ0) is 14.5. The molecule has 110 valence electrons. The van der Waals surface area contributed by atoms with Gasteiger partial charge >= 0.3 is 0 Å². The Balaban J connectivity index is 2.13. The number of hydrogen-bond donors (Lipinski definition) is 2. The molecule has 1 aromatic carbocycles. The number of nitrogens with one attached hydrogen (secondary N) is 2. The first-order valence-electron chi connectivity index (χ1n) is 6.20. The average Bonchev–Trinajstić information content (AvgIpc) is 2.49. The van der Waals surface area contributed by atoms with Crippen LogP contribution in [0.4, 0.5) is 5.69 Å². The number of benzene rings is 1. The molecule has 2 N–H and O–H groups in total. The molecular weight excluding hydrogens is 328 g/mol. The highest BCUT2D eigenvalue weighted by Gasteiger charge is 2.23. The van der Waals surface area contributed by atoms with Crippen molar-refractivity contribution < 1.29 is 19.0 Å². The summed E-state index contributed by atoms with van der Waals surface area (Å²) in [4.78, 5) is 12.1. The molecule has 0 aliphatic carbocycles. The number of carbonyl (C=O) groups excluding carboxylic acids is 1. The van der Waals surface area contributed by atoms with Gasteiger partial charge in [0.15, 0.2) is 11.5 Å². The van der Waals surface area contributed by atoms with Gasteiger partial charge in [0.05, 0.1) is 26.5 Å². The summed E-state index contributed by atoms with van der Waals surface area (Å²) in [6, 6.07) is 3.45. The van der Waals surface area contributed by atoms with Crippen molar-refractivity contribution >= 4 is 27.5 Å². The molecule has 1 atom stereocenters. The molecule has 0 aromatic heterocycles. The maximum absolute atomic E-state index is 12.1. The summed E-state index contributed by atoms with van der Waals surface area (Å²) >= 11 is 3.40. The molecular formula is C13H17BrN2O4. The summed E-state index contributed by atoms with van der Waals surface area (Å²) in [6.07, 6.45) is -0.483. The molecule has 0 bridgehead atoms. The largest absolute Gasteiger partial charge is 0.493 e. The first kappa shape index (κ1) is 15.1. The van der Waals surface area contributed by atoms with E-state index in [1.165, 1.54) is 0 Å². The van der Waals surface area contributed by atoms with Crippen molar-refractivity contribution in [1.82, 2.24) is 5.32 Å². The highest BCUT2D eigenvalue weighted by molar-refractivity contribution is 9.10.